The van der Waals surface area contributed by atoms with Crippen LogP contribution in [0.5, 0.6) is 0 Å². The van der Waals surface area contributed by atoms with Crippen molar-refractivity contribution >= 4 is 11.8 Å². The Hall–Kier alpha value is -1.93. The summed E-state index contributed by atoms with van der Waals surface area (Å²) >= 11 is 0.686. The lowest BCUT2D eigenvalue weighted by atomic mass is 10.1. The molecule has 1 heterocycles. The number of rotatable bonds is 2. The van der Waals surface area contributed by atoms with Gasteiger partial charge in [0, 0.05) is 5.56 Å². The standard InChI is InChI=1S/C10H6F3N3OS/c1-5-7(10(11,12)13)6(4-15)9(16-8(5)17)18-3-2-14/h3H2,1H3,(H,16,17). The minimum Gasteiger partial charge on any atom is -0.316 e. The zero-order valence-corrected chi connectivity index (χ0v) is 9.87. The van der Waals surface area contributed by atoms with Gasteiger partial charge in [-0.2, -0.15) is 23.7 Å². The Balaban J connectivity index is 3.60. The van der Waals surface area contributed by atoms with Crippen LogP contribution in [-0.2, 0) is 6.18 Å². The molecule has 0 bridgehead atoms. The van der Waals surface area contributed by atoms with Gasteiger partial charge in [-0.15, -0.1) is 0 Å². The Morgan fingerprint density at radius 3 is 2.44 bits per heavy atom. The SMILES string of the molecule is Cc1c(C(F)(F)F)c(C#N)c(SCC#N)[nH]c1=O. The average Bonchev–Trinajstić information content (AvgIpc) is 2.28. The van der Waals surface area contributed by atoms with Crippen molar-refractivity contribution in [3.63, 3.8) is 0 Å². The van der Waals surface area contributed by atoms with Crippen LogP contribution in [0, 0.1) is 29.6 Å². The molecular weight excluding hydrogens is 267 g/mol. The highest BCUT2D eigenvalue weighted by atomic mass is 32.2. The number of thioether (sulfide) groups is 1. The molecule has 1 aromatic rings. The first kappa shape index (κ1) is 14.1. The smallest absolute Gasteiger partial charge is 0.316 e. The lowest BCUT2D eigenvalue weighted by Gasteiger charge is -2.13. The second-order valence-corrected chi connectivity index (χ2v) is 4.20. The Bertz CT molecular complexity index is 607. The summed E-state index contributed by atoms with van der Waals surface area (Å²) in [5.41, 5.74) is -3.36. The van der Waals surface area contributed by atoms with Crippen LogP contribution in [0.25, 0.3) is 0 Å². The molecule has 0 aromatic carbocycles. The average molecular weight is 273 g/mol. The summed E-state index contributed by atoms with van der Waals surface area (Å²) in [5, 5.41) is 17.0. The first-order valence-electron chi connectivity index (χ1n) is 4.56. The molecule has 0 unspecified atom stereocenters. The van der Waals surface area contributed by atoms with Crippen LogP contribution in [0.2, 0.25) is 0 Å². The predicted molar refractivity (Wildman–Crippen MR) is 57.9 cm³/mol. The number of hydrogen-bond donors (Lipinski definition) is 1. The summed E-state index contributed by atoms with van der Waals surface area (Å²) in [5.74, 6) is -0.162. The topological polar surface area (TPSA) is 80.4 Å². The second-order valence-electron chi connectivity index (χ2n) is 3.21. The molecule has 0 atom stereocenters. The molecule has 1 N–H and O–H groups in total. The van der Waals surface area contributed by atoms with Crippen LogP contribution >= 0.6 is 11.8 Å². The number of hydrogen-bond acceptors (Lipinski definition) is 4. The van der Waals surface area contributed by atoms with Gasteiger partial charge in [-0.3, -0.25) is 4.79 Å². The van der Waals surface area contributed by atoms with Crippen molar-refractivity contribution in [2.75, 3.05) is 5.75 Å². The number of halogens is 3. The van der Waals surface area contributed by atoms with Crippen LogP contribution < -0.4 is 5.56 Å². The number of pyridine rings is 1. The summed E-state index contributed by atoms with van der Waals surface area (Å²) in [4.78, 5) is 13.6. The quantitative estimate of drug-likeness (QED) is 0.837. The molecule has 0 aliphatic carbocycles. The van der Waals surface area contributed by atoms with E-state index in [9.17, 15) is 18.0 Å². The largest absolute Gasteiger partial charge is 0.418 e. The number of aromatic nitrogens is 1. The van der Waals surface area contributed by atoms with Gasteiger partial charge < -0.3 is 4.98 Å². The van der Waals surface area contributed by atoms with Crippen molar-refractivity contribution in [3.05, 3.63) is 27.0 Å². The first-order chi connectivity index (χ1) is 8.32. The fraction of sp³-hybridized carbons (Fsp3) is 0.300. The van der Waals surface area contributed by atoms with Gasteiger partial charge in [0.2, 0.25) is 0 Å². The van der Waals surface area contributed by atoms with Gasteiger partial charge in [0.25, 0.3) is 5.56 Å². The van der Waals surface area contributed by atoms with Crippen molar-refractivity contribution in [3.8, 4) is 12.1 Å². The van der Waals surface area contributed by atoms with Crippen molar-refractivity contribution in [1.82, 2.24) is 4.98 Å². The lowest BCUT2D eigenvalue weighted by Crippen LogP contribution is -2.21. The van der Waals surface area contributed by atoms with Gasteiger partial charge in [-0.25, -0.2) is 0 Å². The molecule has 0 saturated carbocycles. The number of aromatic amines is 1. The highest BCUT2D eigenvalue weighted by Crippen LogP contribution is 2.35. The molecule has 4 nitrogen and oxygen atoms in total. The molecule has 0 fully saturated rings. The first-order valence-corrected chi connectivity index (χ1v) is 5.55. The van der Waals surface area contributed by atoms with E-state index in [1.54, 1.807) is 6.07 Å². The summed E-state index contributed by atoms with van der Waals surface area (Å²) in [7, 11) is 0. The number of nitriles is 2. The highest BCUT2D eigenvalue weighted by molar-refractivity contribution is 7.99. The maximum Gasteiger partial charge on any atom is 0.418 e. The Morgan fingerprint density at radius 1 is 1.39 bits per heavy atom. The van der Waals surface area contributed by atoms with Gasteiger partial charge in [0.05, 0.1) is 28.0 Å². The zero-order chi connectivity index (χ0) is 13.9. The highest BCUT2D eigenvalue weighted by Gasteiger charge is 2.38. The third kappa shape index (κ3) is 2.66. The summed E-state index contributed by atoms with van der Waals surface area (Å²) < 4.78 is 38.4. The van der Waals surface area contributed by atoms with Gasteiger partial charge in [-0.1, -0.05) is 11.8 Å². The zero-order valence-electron chi connectivity index (χ0n) is 9.05. The van der Waals surface area contributed by atoms with E-state index < -0.39 is 28.4 Å². The van der Waals surface area contributed by atoms with E-state index >= 15 is 0 Å². The minimum absolute atomic E-state index is 0.162. The predicted octanol–water partition coefficient (Wildman–Crippen LogP) is 2.19. The van der Waals surface area contributed by atoms with Crippen LogP contribution in [0.1, 0.15) is 16.7 Å². The van der Waals surface area contributed by atoms with Crippen LogP contribution in [0.15, 0.2) is 9.82 Å². The molecular formula is C10H6F3N3OS. The Kier molecular flexibility index (Phi) is 4.04. The number of nitrogens with one attached hydrogen (secondary N) is 1. The van der Waals surface area contributed by atoms with Gasteiger partial charge in [-0.05, 0) is 6.92 Å². The third-order valence-corrected chi connectivity index (χ3v) is 2.96. The van der Waals surface area contributed by atoms with Crippen molar-refractivity contribution < 1.29 is 13.2 Å². The molecule has 0 aliphatic heterocycles. The van der Waals surface area contributed by atoms with E-state index in [1.165, 1.54) is 6.07 Å². The third-order valence-electron chi connectivity index (χ3n) is 2.10. The lowest BCUT2D eigenvalue weighted by molar-refractivity contribution is -0.138. The van der Waals surface area contributed by atoms with E-state index in [4.69, 9.17) is 10.5 Å². The van der Waals surface area contributed by atoms with Gasteiger partial charge in [0.15, 0.2) is 0 Å². The maximum atomic E-state index is 12.8. The number of H-pyrrole nitrogens is 1. The molecule has 0 aliphatic rings. The summed E-state index contributed by atoms with van der Waals surface area (Å²) in [6.07, 6.45) is -4.79. The van der Waals surface area contributed by atoms with E-state index in [0.717, 1.165) is 6.92 Å². The maximum absolute atomic E-state index is 12.8. The van der Waals surface area contributed by atoms with Crippen LogP contribution in [0.3, 0.4) is 0 Å². The summed E-state index contributed by atoms with van der Waals surface area (Å²) in [6.45, 7) is 1.00. The Labute approximate surface area is 104 Å². The van der Waals surface area contributed by atoms with E-state index in [2.05, 4.69) is 4.98 Å². The fourth-order valence-corrected chi connectivity index (χ4v) is 2.01. The molecule has 0 spiro atoms. The molecule has 18 heavy (non-hydrogen) atoms. The number of alkyl halides is 3. The van der Waals surface area contributed by atoms with Crippen LogP contribution in [-0.4, -0.2) is 10.7 Å². The monoisotopic (exact) mass is 273 g/mol. The van der Waals surface area contributed by atoms with E-state index in [1.807, 2.05) is 0 Å². The molecule has 0 saturated heterocycles. The van der Waals surface area contributed by atoms with Crippen LogP contribution in [0.4, 0.5) is 13.2 Å². The van der Waals surface area contributed by atoms with Gasteiger partial charge >= 0.3 is 6.18 Å². The second kappa shape index (κ2) is 5.15. The Morgan fingerprint density at radius 2 is 2.00 bits per heavy atom. The number of nitrogens with zero attached hydrogens (tertiary/aromatic N) is 2. The van der Waals surface area contributed by atoms with Gasteiger partial charge in [0.1, 0.15) is 6.07 Å². The van der Waals surface area contributed by atoms with E-state index in [-0.39, 0.29) is 10.8 Å². The molecule has 94 valence electrons. The molecule has 1 aromatic heterocycles. The molecule has 1 rings (SSSR count). The molecule has 8 heteroatoms. The van der Waals surface area contributed by atoms with Crippen molar-refractivity contribution in [1.29, 1.82) is 10.5 Å². The summed E-state index contributed by atoms with van der Waals surface area (Å²) in [6, 6.07) is 3.14. The molecule has 0 radical (unpaired) electrons. The molecule has 0 amide bonds. The normalized spacial score (nSPS) is 10.8. The van der Waals surface area contributed by atoms with E-state index in [0.29, 0.717) is 11.8 Å². The minimum atomic E-state index is -4.79. The fourth-order valence-electron chi connectivity index (χ4n) is 1.35. The van der Waals surface area contributed by atoms with Crippen molar-refractivity contribution in [2.24, 2.45) is 0 Å². The van der Waals surface area contributed by atoms with Crippen molar-refractivity contribution in [2.45, 2.75) is 18.1 Å².